The van der Waals surface area contributed by atoms with Gasteiger partial charge in [-0.15, -0.1) is 0 Å². The Morgan fingerprint density at radius 1 is 0.736 bits per heavy atom. The number of ether oxygens (including phenoxy) is 4. The maximum absolute atomic E-state index is 15.2. The van der Waals surface area contributed by atoms with Gasteiger partial charge in [-0.25, -0.2) is 4.79 Å². The Bertz CT molecular complexity index is 1230. The predicted octanol–water partition coefficient (Wildman–Crippen LogP) is 12.1. The smallest absolute Gasteiger partial charge is 0.348 e. The van der Waals surface area contributed by atoms with Gasteiger partial charge in [0.1, 0.15) is 6.10 Å². The highest BCUT2D eigenvalue weighted by Crippen LogP contribution is 2.41. The maximum Gasteiger partial charge on any atom is 0.348 e. The van der Waals surface area contributed by atoms with Crippen LogP contribution in [-0.4, -0.2) is 37.5 Å². The summed E-state index contributed by atoms with van der Waals surface area (Å²) in [4.78, 5) is 28.7. The van der Waals surface area contributed by atoms with Gasteiger partial charge in [-0.3, -0.25) is 4.79 Å². The van der Waals surface area contributed by atoms with Gasteiger partial charge in [0, 0.05) is 13.0 Å². The molecule has 6 unspecified atom stereocenters. The Morgan fingerprint density at radius 3 is 1.89 bits per heavy atom. The second-order valence-corrected chi connectivity index (χ2v) is 16.3. The van der Waals surface area contributed by atoms with Crippen LogP contribution in [0.15, 0.2) is 60.7 Å². The fourth-order valence-electron chi connectivity index (χ4n) is 8.43. The summed E-state index contributed by atoms with van der Waals surface area (Å²) in [5.41, 5.74) is -0.262. The second kappa shape index (κ2) is 23.9. The lowest BCUT2D eigenvalue weighted by Crippen LogP contribution is -2.47. The van der Waals surface area contributed by atoms with Gasteiger partial charge < -0.3 is 18.9 Å². The van der Waals surface area contributed by atoms with Crippen LogP contribution in [0.5, 0.6) is 0 Å². The molecule has 2 aromatic rings. The summed E-state index contributed by atoms with van der Waals surface area (Å²) in [6, 6.07) is 19.4. The van der Waals surface area contributed by atoms with Crippen molar-refractivity contribution in [3.63, 3.8) is 0 Å². The summed E-state index contributed by atoms with van der Waals surface area (Å²) in [5.74, 6) is 0.481. The number of hydrogen-bond donors (Lipinski definition) is 0. The Labute approximate surface area is 322 Å². The van der Waals surface area contributed by atoms with E-state index >= 15 is 4.79 Å². The van der Waals surface area contributed by atoms with E-state index in [4.69, 9.17) is 18.9 Å². The molecule has 1 aliphatic carbocycles. The van der Waals surface area contributed by atoms with E-state index in [1.165, 1.54) is 77.0 Å². The normalized spacial score (nSPS) is 21.8. The molecular formula is C47H72O6. The molecule has 2 aliphatic rings. The lowest BCUT2D eigenvalue weighted by atomic mass is 9.83. The number of hydrogen-bond acceptors (Lipinski definition) is 6. The zero-order valence-corrected chi connectivity index (χ0v) is 33.7. The molecule has 2 aromatic carbocycles. The van der Waals surface area contributed by atoms with Crippen molar-refractivity contribution in [3.8, 4) is 0 Å². The highest BCUT2D eigenvalue weighted by atomic mass is 16.7. The summed E-state index contributed by atoms with van der Waals surface area (Å²) >= 11 is 0. The largest absolute Gasteiger partial charge is 0.460 e. The molecule has 296 valence electrons. The molecule has 0 spiro atoms. The quantitative estimate of drug-likeness (QED) is 0.0463. The monoisotopic (exact) mass is 733 g/mol. The number of unbranched alkanes of at least 4 members (excludes halogenated alkanes) is 11. The van der Waals surface area contributed by atoms with Crippen molar-refractivity contribution < 1.29 is 28.5 Å². The summed E-state index contributed by atoms with van der Waals surface area (Å²) in [5, 5.41) is 0. The summed E-state index contributed by atoms with van der Waals surface area (Å²) in [6.45, 7) is 10.1. The molecule has 53 heavy (non-hydrogen) atoms. The number of benzene rings is 2. The SMILES string of the molecule is CCCCCCCCCCCCC(OC(=O)C1CCOC1)OC(C(=O)OC1CC(C)CCC(C(C)CCCCC)C1)(c1ccccc1)c1ccccc1. The number of esters is 2. The van der Waals surface area contributed by atoms with E-state index in [-0.39, 0.29) is 18.0 Å². The fourth-order valence-corrected chi connectivity index (χ4v) is 8.43. The van der Waals surface area contributed by atoms with Crippen LogP contribution < -0.4 is 0 Å². The van der Waals surface area contributed by atoms with Crippen molar-refractivity contribution in [2.75, 3.05) is 13.2 Å². The lowest BCUT2D eigenvalue weighted by Gasteiger charge is -2.37. The maximum atomic E-state index is 15.2. The Hall–Kier alpha value is -2.70. The van der Waals surface area contributed by atoms with Crippen molar-refractivity contribution in [3.05, 3.63) is 71.8 Å². The van der Waals surface area contributed by atoms with E-state index in [9.17, 15) is 4.79 Å². The third kappa shape index (κ3) is 13.8. The molecule has 1 heterocycles. The van der Waals surface area contributed by atoms with Crippen LogP contribution in [0.4, 0.5) is 0 Å². The molecule has 6 nitrogen and oxygen atoms in total. The highest BCUT2D eigenvalue weighted by molar-refractivity contribution is 5.86. The van der Waals surface area contributed by atoms with Crippen molar-refractivity contribution >= 4 is 11.9 Å². The van der Waals surface area contributed by atoms with Gasteiger partial charge in [-0.1, -0.05) is 178 Å². The Balaban J connectivity index is 1.59. The first kappa shape index (κ1) is 43.0. The van der Waals surface area contributed by atoms with Gasteiger partial charge in [0.2, 0.25) is 11.9 Å². The molecule has 0 N–H and O–H groups in total. The Kier molecular flexibility index (Phi) is 19.4. The van der Waals surface area contributed by atoms with E-state index in [2.05, 4.69) is 27.7 Å². The predicted molar refractivity (Wildman–Crippen MR) is 214 cm³/mol. The van der Waals surface area contributed by atoms with Crippen LogP contribution in [0.25, 0.3) is 0 Å². The molecule has 1 saturated heterocycles. The zero-order chi connectivity index (χ0) is 37.7. The highest BCUT2D eigenvalue weighted by Gasteiger charge is 2.49. The number of carbonyl (C=O) groups is 2. The summed E-state index contributed by atoms with van der Waals surface area (Å²) < 4.78 is 25.6. The molecule has 6 atom stereocenters. The van der Waals surface area contributed by atoms with Gasteiger partial charge in [0.25, 0.3) is 0 Å². The molecule has 6 heteroatoms. The van der Waals surface area contributed by atoms with Crippen LogP contribution in [-0.2, 0) is 34.1 Å². The third-order valence-corrected chi connectivity index (χ3v) is 11.9. The van der Waals surface area contributed by atoms with Gasteiger partial charge in [-0.2, -0.15) is 0 Å². The van der Waals surface area contributed by atoms with Crippen LogP contribution in [0.3, 0.4) is 0 Å². The third-order valence-electron chi connectivity index (χ3n) is 11.9. The van der Waals surface area contributed by atoms with Crippen molar-refractivity contribution in [1.29, 1.82) is 0 Å². The van der Waals surface area contributed by atoms with Gasteiger partial charge in [0.15, 0.2) is 0 Å². The van der Waals surface area contributed by atoms with Gasteiger partial charge in [-0.05, 0) is 61.0 Å². The minimum Gasteiger partial charge on any atom is -0.460 e. The van der Waals surface area contributed by atoms with Gasteiger partial charge >= 0.3 is 11.9 Å². The first-order valence-corrected chi connectivity index (χ1v) is 21.6. The van der Waals surface area contributed by atoms with Crippen molar-refractivity contribution in [2.24, 2.45) is 23.7 Å². The molecule has 4 rings (SSSR count). The van der Waals surface area contributed by atoms with Crippen LogP contribution >= 0.6 is 0 Å². The van der Waals surface area contributed by atoms with E-state index in [1.807, 2.05) is 60.7 Å². The van der Waals surface area contributed by atoms with E-state index in [0.717, 1.165) is 38.5 Å². The molecule has 2 fully saturated rings. The topological polar surface area (TPSA) is 71.1 Å². The van der Waals surface area contributed by atoms with E-state index in [1.54, 1.807) is 0 Å². The van der Waals surface area contributed by atoms with Crippen LogP contribution in [0, 0.1) is 23.7 Å². The van der Waals surface area contributed by atoms with E-state index < -0.39 is 17.9 Å². The lowest BCUT2D eigenvalue weighted by molar-refractivity contribution is -0.225. The second-order valence-electron chi connectivity index (χ2n) is 16.3. The average Bonchev–Trinajstić information content (AvgIpc) is 3.66. The standard InChI is InChI=1S/C47H72O6/c1-5-7-9-10-11-12-13-14-15-23-29-44(52-45(48)40-32-33-50-36-40)53-47(41-25-19-16-20-26-41,42-27-21-17-22-28-42)46(49)51-43-34-37(3)30-31-39(35-43)38(4)24-18-8-6-2/h16-17,19-22,25-28,37-40,43-44H,5-15,18,23-24,29-36H2,1-4H3. The Morgan fingerprint density at radius 2 is 1.30 bits per heavy atom. The van der Waals surface area contributed by atoms with Gasteiger partial charge in [0.05, 0.1) is 12.5 Å². The van der Waals surface area contributed by atoms with E-state index in [0.29, 0.717) is 54.9 Å². The zero-order valence-electron chi connectivity index (χ0n) is 33.7. The molecule has 0 aromatic heterocycles. The minimum atomic E-state index is -1.62. The molecule has 0 radical (unpaired) electrons. The first-order chi connectivity index (χ1) is 25.9. The number of rotatable bonds is 24. The molecule has 0 amide bonds. The molecule has 0 bridgehead atoms. The molecule has 1 aliphatic heterocycles. The van der Waals surface area contributed by atoms with Crippen LogP contribution in [0.1, 0.15) is 167 Å². The summed E-state index contributed by atoms with van der Waals surface area (Å²) in [6.07, 6.45) is 21.0. The molecular weight excluding hydrogens is 661 g/mol. The summed E-state index contributed by atoms with van der Waals surface area (Å²) in [7, 11) is 0. The minimum absolute atomic E-state index is 0.215. The van der Waals surface area contributed by atoms with Crippen molar-refractivity contribution in [2.45, 2.75) is 174 Å². The van der Waals surface area contributed by atoms with Crippen LogP contribution in [0.2, 0.25) is 0 Å². The molecule has 1 saturated carbocycles. The van der Waals surface area contributed by atoms with Crippen molar-refractivity contribution in [1.82, 2.24) is 0 Å². The average molecular weight is 733 g/mol. The number of carbonyl (C=O) groups excluding carboxylic acids is 2. The first-order valence-electron chi connectivity index (χ1n) is 21.6. The fraction of sp³-hybridized carbons (Fsp3) is 0.702.